The van der Waals surface area contributed by atoms with E-state index in [9.17, 15) is 9.59 Å². The summed E-state index contributed by atoms with van der Waals surface area (Å²) < 4.78 is 1.50. The van der Waals surface area contributed by atoms with Crippen LogP contribution in [0.15, 0.2) is 53.7 Å². The van der Waals surface area contributed by atoms with Crippen LogP contribution >= 0.6 is 46.3 Å². The van der Waals surface area contributed by atoms with Crippen molar-refractivity contribution >= 4 is 63.9 Å². The number of thioether (sulfide) groups is 1. The van der Waals surface area contributed by atoms with Crippen LogP contribution in [0, 0.1) is 0 Å². The fourth-order valence-electron chi connectivity index (χ4n) is 3.26. The number of hydrogen-bond acceptors (Lipinski definition) is 7. The lowest BCUT2D eigenvalue weighted by molar-refractivity contribution is -0.113. The van der Waals surface area contributed by atoms with Gasteiger partial charge in [-0.15, -0.1) is 16.4 Å². The molecule has 0 bridgehead atoms. The number of hydrogen-bond donors (Lipinski definition) is 2. The molecule has 0 aliphatic heterocycles. The Labute approximate surface area is 225 Å². The number of anilines is 1. The molecule has 2 aromatic carbocycles. The van der Waals surface area contributed by atoms with Crippen LogP contribution < -0.4 is 5.32 Å². The highest BCUT2D eigenvalue weighted by molar-refractivity contribution is 7.99. The molecule has 0 atom stereocenters. The van der Waals surface area contributed by atoms with Crippen LogP contribution in [0.3, 0.4) is 0 Å². The Bertz CT molecular complexity index is 1450. The molecule has 0 fully saturated rings. The first kappa shape index (κ1) is 26.2. The second-order valence-corrected chi connectivity index (χ2v) is 11.6. The number of tetrazole rings is 1. The molecule has 4 rings (SSSR count). The lowest BCUT2D eigenvalue weighted by Gasteiger charge is -2.20. The molecule has 8 nitrogen and oxygen atoms in total. The van der Waals surface area contributed by atoms with Crippen LogP contribution in [0.1, 0.15) is 36.0 Å². The Balaban J connectivity index is 1.42. The molecule has 0 aliphatic carbocycles. The molecular weight excluding hydrogens is 541 g/mol. The summed E-state index contributed by atoms with van der Waals surface area (Å²) >= 11 is 15.2. The Hall–Kier alpha value is -2.92. The number of carboxylic acid groups (broad SMARTS) is 1. The van der Waals surface area contributed by atoms with Gasteiger partial charge >= 0.3 is 5.97 Å². The number of aromatic nitrogens is 4. The summed E-state index contributed by atoms with van der Waals surface area (Å²) in [6.07, 6.45) is 0. The minimum absolute atomic E-state index is 0.0447. The normalized spacial score (nSPS) is 11.5. The first-order chi connectivity index (χ1) is 17.0. The molecule has 0 aliphatic rings. The van der Waals surface area contributed by atoms with Crippen LogP contribution in [0.2, 0.25) is 10.0 Å². The van der Waals surface area contributed by atoms with E-state index in [1.165, 1.54) is 4.68 Å². The van der Waals surface area contributed by atoms with Gasteiger partial charge in [0.15, 0.2) is 0 Å². The summed E-state index contributed by atoms with van der Waals surface area (Å²) in [5.41, 5.74) is 2.86. The summed E-state index contributed by atoms with van der Waals surface area (Å²) in [5.74, 6) is -1.22. The van der Waals surface area contributed by atoms with E-state index in [1.54, 1.807) is 30.3 Å². The number of nitrogens with zero attached hydrogens (tertiary/aromatic N) is 4. The van der Waals surface area contributed by atoms with Crippen molar-refractivity contribution in [3.8, 4) is 16.1 Å². The van der Waals surface area contributed by atoms with Gasteiger partial charge in [-0.25, -0.2) is 4.79 Å². The number of nitrogens with one attached hydrogen (secondary N) is 1. The van der Waals surface area contributed by atoms with Crippen molar-refractivity contribution in [2.24, 2.45) is 0 Å². The zero-order chi connectivity index (χ0) is 26.0. The molecule has 1 amide bonds. The lowest BCUT2D eigenvalue weighted by atomic mass is 9.87. The first-order valence-electron chi connectivity index (χ1n) is 10.7. The molecular formula is C24H21Cl2N5O3S2. The molecule has 2 heterocycles. The van der Waals surface area contributed by atoms with Crippen molar-refractivity contribution in [3.63, 3.8) is 0 Å². The van der Waals surface area contributed by atoms with Crippen LogP contribution in [0.5, 0.6) is 0 Å². The SMILES string of the molecule is CC(C)(C)c1ccc(-n2nnnc2SCC(=O)Nc2ccc(-c3ccc(C(=O)O)s3)cc2Cl)c(Cl)c1. The molecule has 36 heavy (non-hydrogen) atoms. The number of amides is 1. The summed E-state index contributed by atoms with van der Waals surface area (Å²) in [5, 5.41) is 24.9. The van der Waals surface area contributed by atoms with Crippen molar-refractivity contribution in [3.05, 3.63) is 69.0 Å². The summed E-state index contributed by atoms with van der Waals surface area (Å²) in [6.45, 7) is 6.31. The fourth-order valence-corrected chi connectivity index (χ4v) is 5.27. The second-order valence-electron chi connectivity index (χ2n) is 8.79. The summed E-state index contributed by atoms with van der Waals surface area (Å²) in [4.78, 5) is 24.7. The Morgan fingerprint density at radius 2 is 1.86 bits per heavy atom. The number of benzene rings is 2. The Morgan fingerprint density at radius 3 is 2.50 bits per heavy atom. The topological polar surface area (TPSA) is 110 Å². The van der Waals surface area contributed by atoms with Gasteiger partial charge < -0.3 is 10.4 Å². The highest BCUT2D eigenvalue weighted by atomic mass is 35.5. The quantitative estimate of drug-likeness (QED) is 0.250. The second kappa shape index (κ2) is 10.6. The van der Waals surface area contributed by atoms with Gasteiger partial charge in [-0.1, -0.05) is 67.9 Å². The molecule has 2 N–H and O–H groups in total. The molecule has 0 unspecified atom stereocenters. The first-order valence-corrected chi connectivity index (χ1v) is 13.2. The zero-order valence-corrected chi connectivity index (χ0v) is 22.6. The van der Waals surface area contributed by atoms with Gasteiger partial charge in [0.2, 0.25) is 11.1 Å². The van der Waals surface area contributed by atoms with E-state index < -0.39 is 5.97 Å². The predicted molar refractivity (Wildman–Crippen MR) is 144 cm³/mol. The van der Waals surface area contributed by atoms with Crippen molar-refractivity contribution < 1.29 is 14.7 Å². The molecule has 0 spiro atoms. The van der Waals surface area contributed by atoms with E-state index in [4.69, 9.17) is 28.3 Å². The number of rotatable bonds is 7. The number of aromatic carboxylic acids is 1. The van der Waals surface area contributed by atoms with Crippen molar-refractivity contribution in [2.75, 3.05) is 11.1 Å². The predicted octanol–water partition coefficient (Wildman–Crippen LogP) is 6.42. The Morgan fingerprint density at radius 1 is 1.08 bits per heavy atom. The summed E-state index contributed by atoms with van der Waals surface area (Å²) in [6, 6.07) is 14.1. The van der Waals surface area contributed by atoms with Gasteiger partial charge in [0.05, 0.1) is 27.2 Å². The smallest absolute Gasteiger partial charge is 0.345 e. The van der Waals surface area contributed by atoms with E-state index in [0.717, 1.165) is 39.1 Å². The molecule has 0 saturated carbocycles. The van der Waals surface area contributed by atoms with Crippen molar-refractivity contribution in [2.45, 2.75) is 31.3 Å². The van der Waals surface area contributed by atoms with Crippen LogP contribution in [-0.2, 0) is 10.2 Å². The maximum Gasteiger partial charge on any atom is 0.345 e. The number of thiophene rings is 1. The molecule has 4 aromatic rings. The molecule has 0 saturated heterocycles. The highest BCUT2D eigenvalue weighted by Gasteiger charge is 2.19. The third-order valence-electron chi connectivity index (χ3n) is 5.16. The highest BCUT2D eigenvalue weighted by Crippen LogP contribution is 2.34. The largest absolute Gasteiger partial charge is 0.477 e. The number of carbonyl (C=O) groups excluding carboxylic acids is 1. The average Bonchev–Trinajstić information content (AvgIpc) is 3.48. The van der Waals surface area contributed by atoms with Gasteiger partial charge in [-0.2, -0.15) is 4.68 Å². The van der Waals surface area contributed by atoms with E-state index in [-0.39, 0.29) is 22.0 Å². The van der Waals surface area contributed by atoms with E-state index in [0.29, 0.717) is 26.6 Å². The fraction of sp³-hybridized carbons (Fsp3) is 0.208. The molecule has 2 aromatic heterocycles. The minimum Gasteiger partial charge on any atom is -0.477 e. The van der Waals surface area contributed by atoms with Crippen LogP contribution in [-0.4, -0.2) is 42.9 Å². The number of carboxylic acids is 1. The Kier molecular flexibility index (Phi) is 7.70. The number of halogens is 2. The number of carbonyl (C=O) groups is 2. The third-order valence-corrected chi connectivity index (χ3v) is 7.82. The van der Waals surface area contributed by atoms with Gasteiger partial charge in [0.1, 0.15) is 4.88 Å². The standard InChI is InChI=1S/C24H21Cl2N5O3S2/c1-24(2,3)14-5-7-18(16(26)11-14)31-23(28-29-30-31)35-12-21(32)27-17-6-4-13(10-15(17)25)19-8-9-20(36-19)22(33)34/h4-11H,12H2,1-3H3,(H,27,32)(H,33,34). The van der Waals surface area contributed by atoms with E-state index >= 15 is 0 Å². The maximum atomic E-state index is 12.6. The van der Waals surface area contributed by atoms with Gasteiger partial charge in [0, 0.05) is 4.88 Å². The monoisotopic (exact) mass is 561 g/mol. The summed E-state index contributed by atoms with van der Waals surface area (Å²) in [7, 11) is 0. The molecule has 186 valence electrons. The minimum atomic E-state index is -0.978. The zero-order valence-electron chi connectivity index (χ0n) is 19.5. The van der Waals surface area contributed by atoms with E-state index in [1.807, 2.05) is 18.2 Å². The van der Waals surface area contributed by atoms with Gasteiger partial charge in [0.25, 0.3) is 0 Å². The lowest BCUT2D eigenvalue weighted by Crippen LogP contribution is -2.15. The van der Waals surface area contributed by atoms with E-state index in [2.05, 4.69) is 41.6 Å². The van der Waals surface area contributed by atoms with Crippen LogP contribution in [0.25, 0.3) is 16.1 Å². The average molecular weight is 563 g/mol. The third kappa shape index (κ3) is 5.89. The molecule has 12 heteroatoms. The van der Waals surface area contributed by atoms with Gasteiger partial charge in [-0.3, -0.25) is 4.79 Å². The van der Waals surface area contributed by atoms with Crippen molar-refractivity contribution in [1.29, 1.82) is 0 Å². The maximum absolute atomic E-state index is 12.6. The van der Waals surface area contributed by atoms with Crippen molar-refractivity contribution in [1.82, 2.24) is 20.2 Å². The van der Waals surface area contributed by atoms with Gasteiger partial charge in [-0.05, 0) is 63.4 Å². The van der Waals surface area contributed by atoms with Crippen LogP contribution in [0.4, 0.5) is 5.69 Å². The molecule has 0 radical (unpaired) electrons.